The van der Waals surface area contributed by atoms with Crippen LogP contribution in [0.15, 0.2) is 33.5 Å². The van der Waals surface area contributed by atoms with Crippen LogP contribution < -0.4 is 24.4 Å². The zero-order valence-electron chi connectivity index (χ0n) is 19.9. The molecule has 13 nitrogen and oxygen atoms in total. The minimum atomic E-state index is -1.80. The van der Waals surface area contributed by atoms with E-state index < -0.39 is 60.0 Å². The van der Waals surface area contributed by atoms with E-state index in [0.29, 0.717) is 0 Å². The third kappa shape index (κ3) is 4.47. The number of phenols is 2. The lowest BCUT2D eigenvalue weighted by Gasteiger charge is -2.39. The second-order valence-electron chi connectivity index (χ2n) is 8.12. The Balaban J connectivity index is 1.93. The maximum absolute atomic E-state index is 13.2. The monoisotopic (exact) mass is 522 g/mol. The lowest BCUT2D eigenvalue weighted by Crippen LogP contribution is -2.60. The number of ether oxygens (including phenoxy) is 5. The number of rotatable bonds is 7. The molecule has 3 aromatic rings. The summed E-state index contributed by atoms with van der Waals surface area (Å²) in [6.07, 6.45) is -8.17. The molecule has 0 amide bonds. The summed E-state index contributed by atoms with van der Waals surface area (Å²) in [5, 5.41) is 61.2. The normalized spacial score (nSPS) is 23.6. The molecule has 0 saturated carbocycles. The number of aliphatic hydroxyl groups excluding tert-OH is 4. The van der Waals surface area contributed by atoms with Gasteiger partial charge in [0.2, 0.25) is 23.2 Å². The van der Waals surface area contributed by atoms with Crippen LogP contribution in [0.5, 0.6) is 34.5 Å². The van der Waals surface area contributed by atoms with E-state index in [1.54, 1.807) is 0 Å². The summed E-state index contributed by atoms with van der Waals surface area (Å²) in [6, 6.07) is 5.30. The number of hydrogen-bond donors (Lipinski definition) is 6. The lowest BCUT2D eigenvalue weighted by atomic mass is 9.99. The number of benzene rings is 2. The highest BCUT2D eigenvalue weighted by Crippen LogP contribution is 2.47. The van der Waals surface area contributed by atoms with Crippen molar-refractivity contribution in [2.75, 3.05) is 27.9 Å². The molecular weight excluding hydrogens is 496 g/mol. The molecule has 200 valence electrons. The quantitative estimate of drug-likeness (QED) is 0.244. The van der Waals surface area contributed by atoms with Crippen LogP contribution in [0.1, 0.15) is 0 Å². The molecule has 2 heterocycles. The van der Waals surface area contributed by atoms with Crippen molar-refractivity contribution in [2.45, 2.75) is 30.7 Å². The Labute approximate surface area is 209 Å². The summed E-state index contributed by atoms with van der Waals surface area (Å²) in [4.78, 5) is 13.2. The molecule has 1 aromatic heterocycles. The Bertz CT molecular complexity index is 1350. The second kappa shape index (κ2) is 10.3. The highest BCUT2D eigenvalue weighted by molar-refractivity contribution is 5.89. The van der Waals surface area contributed by atoms with Crippen molar-refractivity contribution in [1.82, 2.24) is 0 Å². The highest BCUT2D eigenvalue weighted by atomic mass is 16.7. The predicted octanol–water partition coefficient (Wildman–Crippen LogP) is 0.0757. The molecule has 37 heavy (non-hydrogen) atoms. The fraction of sp³-hybridized carbons (Fsp3) is 0.375. The van der Waals surface area contributed by atoms with Gasteiger partial charge in [0.05, 0.1) is 33.5 Å². The van der Waals surface area contributed by atoms with E-state index in [1.807, 2.05) is 0 Å². The molecule has 13 heteroatoms. The van der Waals surface area contributed by atoms with E-state index in [1.165, 1.54) is 45.6 Å². The SMILES string of the molecule is COc1cc(O)c2c(=O)c(OC)c(-c3ccc(OC)c(O)c3O[C@@H]3O[C@H](CO)[C@@H](O)[C@H](O)[C@H]3O)oc2c1. The first kappa shape index (κ1) is 26.3. The van der Waals surface area contributed by atoms with Crippen molar-refractivity contribution in [2.24, 2.45) is 0 Å². The van der Waals surface area contributed by atoms with Crippen LogP contribution in [0.4, 0.5) is 0 Å². The third-order valence-electron chi connectivity index (χ3n) is 5.99. The average Bonchev–Trinajstić information content (AvgIpc) is 2.89. The summed E-state index contributed by atoms with van der Waals surface area (Å²) in [6.45, 7) is -0.708. The first-order valence-corrected chi connectivity index (χ1v) is 11.0. The fourth-order valence-corrected chi connectivity index (χ4v) is 4.04. The first-order valence-electron chi connectivity index (χ1n) is 11.0. The Morgan fingerprint density at radius 2 is 1.65 bits per heavy atom. The Hall–Kier alpha value is -3.75. The van der Waals surface area contributed by atoms with E-state index in [0.717, 1.165) is 0 Å². The van der Waals surface area contributed by atoms with Gasteiger partial charge in [-0.1, -0.05) is 0 Å². The van der Waals surface area contributed by atoms with Crippen molar-refractivity contribution in [3.8, 4) is 45.8 Å². The van der Waals surface area contributed by atoms with Gasteiger partial charge in [-0.3, -0.25) is 4.79 Å². The van der Waals surface area contributed by atoms with Crippen LogP contribution in [0.25, 0.3) is 22.3 Å². The van der Waals surface area contributed by atoms with Gasteiger partial charge < -0.3 is 58.7 Å². The van der Waals surface area contributed by atoms with Gasteiger partial charge in [-0.2, -0.15) is 0 Å². The number of phenolic OH excluding ortho intramolecular Hbond substituents is 2. The average molecular weight is 522 g/mol. The molecule has 0 bridgehead atoms. The van der Waals surface area contributed by atoms with Gasteiger partial charge in [0.15, 0.2) is 17.3 Å². The van der Waals surface area contributed by atoms with Gasteiger partial charge in [0, 0.05) is 12.1 Å². The topological polar surface area (TPSA) is 198 Å². The summed E-state index contributed by atoms with van der Waals surface area (Å²) in [7, 11) is 3.83. The molecular formula is C24H26O13. The fourth-order valence-electron chi connectivity index (χ4n) is 4.04. The summed E-state index contributed by atoms with van der Waals surface area (Å²) in [5.41, 5.74) is -0.881. The standard InChI is InChI=1S/C24H26O13/c1-32-9-6-11(26)15-13(7-9)35-22(23(34-3)18(15)29)10-4-5-12(33-2)17(28)21(10)37-24-20(31)19(30)16(27)14(8-25)36-24/h4-7,14,16,19-20,24-28,30-31H,8H2,1-3H3/t14-,16-,19+,20-,24+/m1/s1. The van der Waals surface area contributed by atoms with Gasteiger partial charge in [-0.05, 0) is 12.1 Å². The van der Waals surface area contributed by atoms with Gasteiger partial charge in [-0.15, -0.1) is 0 Å². The molecule has 1 aliphatic rings. The summed E-state index contributed by atoms with van der Waals surface area (Å²) in [5.74, 6) is -1.86. The Kier molecular flexibility index (Phi) is 7.34. The minimum absolute atomic E-state index is 0.0616. The van der Waals surface area contributed by atoms with Crippen molar-refractivity contribution in [3.05, 3.63) is 34.5 Å². The smallest absolute Gasteiger partial charge is 0.239 e. The highest BCUT2D eigenvalue weighted by Gasteiger charge is 2.45. The van der Waals surface area contributed by atoms with Crippen LogP contribution in [-0.2, 0) is 4.74 Å². The summed E-state index contributed by atoms with van der Waals surface area (Å²) >= 11 is 0. The van der Waals surface area contributed by atoms with E-state index >= 15 is 0 Å². The Morgan fingerprint density at radius 3 is 2.27 bits per heavy atom. The first-order chi connectivity index (χ1) is 17.7. The van der Waals surface area contributed by atoms with Gasteiger partial charge in [-0.25, -0.2) is 0 Å². The van der Waals surface area contributed by atoms with Crippen LogP contribution >= 0.6 is 0 Å². The third-order valence-corrected chi connectivity index (χ3v) is 5.99. The zero-order chi connectivity index (χ0) is 27.0. The van der Waals surface area contributed by atoms with E-state index in [-0.39, 0.29) is 39.5 Å². The molecule has 1 aliphatic heterocycles. The molecule has 1 fully saturated rings. The molecule has 0 spiro atoms. The maximum atomic E-state index is 13.2. The zero-order valence-corrected chi connectivity index (χ0v) is 19.9. The molecule has 6 N–H and O–H groups in total. The number of fused-ring (bicyclic) bond motifs is 1. The second-order valence-corrected chi connectivity index (χ2v) is 8.12. The minimum Gasteiger partial charge on any atom is -0.507 e. The number of hydrogen-bond acceptors (Lipinski definition) is 13. The number of aromatic hydroxyl groups is 2. The van der Waals surface area contributed by atoms with Crippen LogP contribution in [0.2, 0.25) is 0 Å². The molecule has 4 rings (SSSR count). The maximum Gasteiger partial charge on any atom is 0.239 e. The molecule has 5 atom stereocenters. The van der Waals surface area contributed by atoms with Crippen molar-refractivity contribution in [3.63, 3.8) is 0 Å². The van der Waals surface area contributed by atoms with E-state index in [9.17, 15) is 35.4 Å². The van der Waals surface area contributed by atoms with E-state index in [4.69, 9.17) is 28.1 Å². The molecule has 2 aromatic carbocycles. The largest absolute Gasteiger partial charge is 0.507 e. The molecule has 0 radical (unpaired) electrons. The lowest BCUT2D eigenvalue weighted by molar-refractivity contribution is -0.277. The van der Waals surface area contributed by atoms with Crippen molar-refractivity contribution in [1.29, 1.82) is 0 Å². The van der Waals surface area contributed by atoms with Crippen LogP contribution in [0, 0.1) is 0 Å². The van der Waals surface area contributed by atoms with Crippen molar-refractivity contribution < 1.29 is 58.7 Å². The van der Waals surface area contributed by atoms with Gasteiger partial charge in [0.1, 0.15) is 46.9 Å². The molecule has 0 unspecified atom stereocenters. The molecule has 0 aliphatic carbocycles. The van der Waals surface area contributed by atoms with Crippen molar-refractivity contribution >= 4 is 11.0 Å². The number of aliphatic hydroxyl groups is 4. The summed E-state index contributed by atoms with van der Waals surface area (Å²) < 4.78 is 32.6. The molecule has 1 saturated heterocycles. The van der Waals surface area contributed by atoms with Gasteiger partial charge in [0.25, 0.3) is 0 Å². The number of methoxy groups -OCH3 is 3. The predicted molar refractivity (Wildman–Crippen MR) is 125 cm³/mol. The van der Waals surface area contributed by atoms with Crippen LogP contribution in [0.3, 0.4) is 0 Å². The van der Waals surface area contributed by atoms with Gasteiger partial charge >= 0.3 is 0 Å². The Morgan fingerprint density at radius 1 is 0.919 bits per heavy atom. The van der Waals surface area contributed by atoms with E-state index in [2.05, 4.69) is 0 Å². The van der Waals surface area contributed by atoms with Crippen LogP contribution in [-0.4, -0.2) is 89.3 Å².